The molecule has 37 heavy (non-hydrogen) atoms. The Hall–Kier alpha value is -4.42. The van der Waals surface area contributed by atoms with Crippen LogP contribution in [0.2, 0.25) is 0 Å². The number of carbonyl (C=O) groups is 2. The van der Waals surface area contributed by atoms with E-state index in [4.69, 9.17) is 4.74 Å². The summed E-state index contributed by atoms with van der Waals surface area (Å²) >= 11 is 0. The summed E-state index contributed by atoms with van der Waals surface area (Å²) in [6, 6.07) is 18.3. The number of benzene rings is 3. The lowest BCUT2D eigenvalue weighted by Crippen LogP contribution is -2.37. The van der Waals surface area contributed by atoms with Gasteiger partial charge in [-0.1, -0.05) is 59.9 Å². The molecule has 3 rings (SSSR count). The van der Waals surface area contributed by atoms with E-state index in [1.54, 1.807) is 49.4 Å². The van der Waals surface area contributed by atoms with Crippen LogP contribution >= 0.6 is 0 Å². The summed E-state index contributed by atoms with van der Waals surface area (Å²) in [5.41, 5.74) is 0.994. The van der Waals surface area contributed by atoms with Gasteiger partial charge < -0.3 is 9.47 Å². The Bertz CT molecular complexity index is 1460. The van der Waals surface area contributed by atoms with Gasteiger partial charge in [0.25, 0.3) is 10.0 Å². The van der Waals surface area contributed by atoms with Crippen molar-refractivity contribution >= 4 is 22.0 Å². The quantitative estimate of drug-likeness (QED) is 0.264. The molecule has 0 aromatic heterocycles. The average Bonchev–Trinajstić information content (AvgIpc) is 2.90. The summed E-state index contributed by atoms with van der Waals surface area (Å²) in [5.74, 6) is 3.13. The first kappa shape index (κ1) is 27.2. The van der Waals surface area contributed by atoms with Crippen molar-refractivity contribution in [3.05, 3.63) is 113 Å². The van der Waals surface area contributed by atoms with Crippen LogP contribution in [-0.2, 0) is 29.1 Å². The molecule has 190 valence electrons. The Balaban J connectivity index is 2.36. The fraction of sp³-hybridized carbons (Fsp3) is 0.143. The third-order valence-corrected chi connectivity index (χ3v) is 7.01. The van der Waals surface area contributed by atoms with Crippen molar-refractivity contribution in [1.82, 2.24) is 4.31 Å². The lowest BCUT2D eigenvalue weighted by molar-refractivity contribution is -0.139. The van der Waals surface area contributed by atoms with Gasteiger partial charge in [-0.25, -0.2) is 26.7 Å². The maximum absolute atomic E-state index is 14.1. The molecule has 0 aliphatic rings. The lowest BCUT2D eigenvalue weighted by atomic mass is 10.1. The van der Waals surface area contributed by atoms with Crippen molar-refractivity contribution in [2.75, 3.05) is 14.2 Å². The predicted molar refractivity (Wildman–Crippen MR) is 135 cm³/mol. The van der Waals surface area contributed by atoms with Crippen LogP contribution in [0.5, 0.6) is 0 Å². The van der Waals surface area contributed by atoms with E-state index in [0.29, 0.717) is 9.87 Å². The molecule has 0 heterocycles. The number of hydrogen-bond donors (Lipinski definition) is 0. The molecular formula is C28H24FNO6S. The standard InChI is InChI=1S/C28H24FNO6S/c1-20-9-16-24(17-10-20)37(33,34)30(26(28(32)36-3)19-27(31)35-2)25(22-12-14-23(29)15-13-22)18-11-21-7-5-4-6-8-21/h4-10,12-17,19,25H,1-3H3/b26-19+. The molecule has 7 nitrogen and oxygen atoms in total. The number of ether oxygens (including phenoxy) is 2. The smallest absolute Gasteiger partial charge is 0.355 e. The first-order valence-corrected chi connectivity index (χ1v) is 12.4. The van der Waals surface area contributed by atoms with Gasteiger partial charge >= 0.3 is 11.9 Å². The molecule has 1 atom stereocenters. The van der Waals surface area contributed by atoms with Crippen LogP contribution in [-0.4, -0.2) is 38.9 Å². The first-order valence-electron chi connectivity index (χ1n) is 11.0. The number of sulfonamides is 1. The van der Waals surface area contributed by atoms with E-state index in [0.717, 1.165) is 38.0 Å². The topological polar surface area (TPSA) is 90.0 Å². The van der Waals surface area contributed by atoms with Gasteiger partial charge in [-0.3, -0.25) is 0 Å². The van der Waals surface area contributed by atoms with E-state index in [1.807, 2.05) is 0 Å². The number of aryl methyl sites for hydroxylation is 1. The van der Waals surface area contributed by atoms with Gasteiger partial charge in [-0.2, -0.15) is 0 Å². The van der Waals surface area contributed by atoms with Gasteiger partial charge in [0.2, 0.25) is 0 Å². The van der Waals surface area contributed by atoms with Gasteiger partial charge in [0.15, 0.2) is 0 Å². The lowest BCUT2D eigenvalue weighted by Gasteiger charge is -2.30. The monoisotopic (exact) mass is 521 g/mol. The van der Waals surface area contributed by atoms with Crippen LogP contribution in [0.15, 0.2) is 95.5 Å². The van der Waals surface area contributed by atoms with E-state index in [-0.39, 0.29) is 10.5 Å². The number of rotatable bonds is 7. The number of hydrogen-bond acceptors (Lipinski definition) is 6. The summed E-state index contributed by atoms with van der Waals surface area (Å²) in [6.07, 6.45) is 0.721. The van der Waals surface area contributed by atoms with Crippen LogP contribution in [0.4, 0.5) is 4.39 Å². The Morgan fingerprint density at radius 3 is 2.11 bits per heavy atom. The second kappa shape index (κ2) is 12.0. The van der Waals surface area contributed by atoms with Gasteiger partial charge in [-0.15, -0.1) is 0 Å². The zero-order chi connectivity index (χ0) is 27.0. The Morgan fingerprint density at radius 1 is 0.919 bits per heavy atom. The summed E-state index contributed by atoms with van der Waals surface area (Å²) in [4.78, 5) is 25.0. The second-order valence-corrected chi connectivity index (χ2v) is 9.56. The average molecular weight is 522 g/mol. The minimum absolute atomic E-state index is 0.161. The molecule has 0 N–H and O–H groups in total. The van der Waals surface area contributed by atoms with Crippen molar-refractivity contribution in [1.29, 1.82) is 0 Å². The van der Waals surface area contributed by atoms with Crippen LogP contribution < -0.4 is 0 Å². The summed E-state index contributed by atoms with van der Waals surface area (Å²) in [5, 5.41) is 0. The van der Waals surface area contributed by atoms with Crippen LogP contribution in [0.3, 0.4) is 0 Å². The maximum atomic E-state index is 14.1. The highest BCUT2D eigenvalue weighted by atomic mass is 32.2. The molecule has 0 saturated heterocycles. The Kier molecular flexibility index (Phi) is 8.82. The Morgan fingerprint density at radius 2 is 1.54 bits per heavy atom. The van der Waals surface area contributed by atoms with Gasteiger partial charge in [-0.05, 0) is 48.9 Å². The fourth-order valence-corrected chi connectivity index (χ4v) is 4.86. The summed E-state index contributed by atoms with van der Waals surface area (Å²) < 4.78 is 52.1. The van der Waals surface area contributed by atoms with Crippen LogP contribution in [0.25, 0.3) is 0 Å². The SMILES string of the molecule is COC(=O)/C=C(\C(=O)OC)N(C(C#Cc1ccccc1)c1ccc(F)cc1)S(=O)(=O)c1ccc(C)cc1. The van der Waals surface area contributed by atoms with Gasteiger partial charge in [0.1, 0.15) is 17.6 Å². The van der Waals surface area contributed by atoms with Crippen molar-refractivity contribution in [3.8, 4) is 11.8 Å². The number of halogens is 1. The molecule has 1 unspecified atom stereocenters. The molecule has 0 aliphatic heterocycles. The third kappa shape index (κ3) is 6.63. The highest BCUT2D eigenvalue weighted by Gasteiger charge is 2.37. The molecule has 0 fully saturated rings. The molecule has 0 spiro atoms. The summed E-state index contributed by atoms with van der Waals surface area (Å²) in [7, 11) is -2.40. The van der Waals surface area contributed by atoms with Crippen molar-refractivity contribution in [2.24, 2.45) is 0 Å². The van der Waals surface area contributed by atoms with Gasteiger partial charge in [0, 0.05) is 5.56 Å². The molecule has 9 heteroatoms. The summed E-state index contributed by atoms with van der Waals surface area (Å²) in [6.45, 7) is 1.79. The number of methoxy groups -OCH3 is 2. The van der Waals surface area contributed by atoms with Crippen LogP contribution in [0, 0.1) is 24.6 Å². The Labute approximate surface area is 215 Å². The highest BCUT2D eigenvalue weighted by molar-refractivity contribution is 7.89. The predicted octanol–water partition coefficient (Wildman–Crippen LogP) is 4.15. The molecule has 0 saturated carbocycles. The first-order chi connectivity index (χ1) is 17.7. The zero-order valence-corrected chi connectivity index (χ0v) is 21.2. The second-order valence-electron chi connectivity index (χ2n) is 7.75. The highest BCUT2D eigenvalue weighted by Crippen LogP contribution is 2.33. The molecule has 0 radical (unpaired) electrons. The van der Waals surface area contributed by atoms with E-state index >= 15 is 0 Å². The number of esters is 2. The van der Waals surface area contributed by atoms with Crippen molar-refractivity contribution in [3.63, 3.8) is 0 Å². The molecule has 0 amide bonds. The zero-order valence-electron chi connectivity index (χ0n) is 20.3. The third-order valence-electron chi connectivity index (χ3n) is 5.21. The molecule has 0 bridgehead atoms. The fourth-order valence-electron chi connectivity index (χ4n) is 3.31. The minimum Gasteiger partial charge on any atom is -0.466 e. The van der Waals surface area contributed by atoms with Crippen molar-refractivity contribution < 1.29 is 31.9 Å². The maximum Gasteiger partial charge on any atom is 0.355 e. The van der Waals surface area contributed by atoms with E-state index in [2.05, 4.69) is 16.6 Å². The number of nitrogens with zero attached hydrogens (tertiary/aromatic N) is 1. The van der Waals surface area contributed by atoms with E-state index in [1.165, 1.54) is 24.3 Å². The normalized spacial score (nSPS) is 12.1. The molecule has 3 aromatic rings. The van der Waals surface area contributed by atoms with E-state index < -0.39 is 39.5 Å². The molecule has 0 aliphatic carbocycles. The van der Waals surface area contributed by atoms with E-state index in [9.17, 15) is 22.4 Å². The van der Waals surface area contributed by atoms with Crippen molar-refractivity contribution in [2.45, 2.75) is 17.9 Å². The molecular weight excluding hydrogens is 497 g/mol. The largest absolute Gasteiger partial charge is 0.466 e. The number of carbonyl (C=O) groups excluding carboxylic acids is 2. The van der Waals surface area contributed by atoms with Crippen LogP contribution in [0.1, 0.15) is 22.7 Å². The van der Waals surface area contributed by atoms with Gasteiger partial charge in [0.05, 0.1) is 25.2 Å². The molecule has 3 aromatic carbocycles. The minimum atomic E-state index is -4.53.